The summed E-state index contributed by atoms with van der Waals surface area (Å²) < 4.78 is 33.1. The number of hydrogen-bond donors (Lipinski definition) is 2. The van der Waals surface area contributed by atoms with E-state index in [4.69, 9.17) is 24.3 Å². The van der Waals surface area contributed by atoms with Crippen molar-refractivity contribution < 1.29 is 37.6 Å². The van der Waals surface area contributed by atoms with Crippen LogP contribution in [0.15, 0.2) is 36.5 Å². The lowest BCUT2D eigenvalue weighted by atomic mass is 10.0. The van der Waals surface area contributed by atoms with Gasteiger partial charge in [-0.1, -0.05) is 320 Å². The molecule has 0 aliphatic carbocycles. The number of phosphoric acid groups is 1. The molecule has 0 aliphatic rings. The molecule has 2 unspecified atom stereocenters. The summed E-state index contributed by atoms with van der Waals surface area (Å²) in [5.74, 6) is -0.805. The van der Waals surface area contributed by atoms with E-state index in [-0.39, 0.29) is 38.6 Å². The van der Waals surface area contributed by atoms with E-state index in [9.17, 15) is 19.0 Å². The third-order valence-corrected chi connectivity index (χ3v) is 16.0. The summed E-state index contributed by atoms with van der Waals surface area (Å²) >= 11 is 0. The van der Waals surface area contributed by atoms with Crippen LogP contribution in [0.25, 0.3) is 0 Å². The SMILES string of the molecule is CCCCCCC/C=C\C/C=C\C/C=C\CCCCCCCCCCCCCCCCCCCCCCCCC(=O)OC(COC(=O)CCCCCCCCCCCCCCCCCCCCC)COP(=O)(O)OCCN. The van der Waals surface area contributed by atoms with E-state index >= 15 is 0 Å². The van der Waals surface area contributed by atoms with Gasteiger partial charge < -0.3 is 20.1 Å². The Kier molecular flexibility index (Phi) is 62.0. The van der Waals surface area contributed by atoms with Crippen molar-refractivity contribution in [2.24, 2.45) is 5.73 Å². The molecule has 0 aliphatic heterocycles. The molecule has 0 aromatic carbocycles. The van der Waals surface area contributed by atoms with Crippen LogP contribution in [0.3, 0.4) is 0 Å². The molecule has 3 N–H and O–H groups in total. The Balaban J connectivity index is 3.79. The predicted molar refractivity (Wildman–Crippen MR) is 330 cm³/mol. The summed E-state index contributed by atoms with van der Waals surface area (Å²) in [6.07, 6.45) is 78.1. The largest absolute Gasteiger partial charge is 0.472 e. The fourth-order valence-corrected chi connectivity index (χ4v) is 10.8. The molecule has 0 aromatic heterocycles. The van der Waals surface area contributed by atoms with E-state index < -0.39 is 26.5 Å². The average Bonchev–Trinajstić information content (AvgIpc) is 3.42. The van der Waals surface area contributed by atoms with E-state index in [1.807, 2.05) is 0 Å². The Labute approximate surface area is 477 Å². The number of nitrogens with two attached hydrogens (primary N) is 1. The average molecular weight is 1110 g/mol. The van der Waals surface area contributed by atoms with Gasteiger partial charge in [0, 0.05) is 19.4 Å². The highest BCUT2D eigenvalue weighted by atomic mass is 31.2. The van der Waals surface area contributed by atoms with Gasteiger partial charge in [0.15, 0.2) is 6.10 Å². The predicted octanol–water partition coefficient (Wildman–Crippen LogP) is 21.5. The number of phosphoric ester groups is 1. The van der Waals surface area contributed by atoms with Gasteiger partial charge in [0.2, 0.25) is 0 Å². The van der Waals surface area contributed by atoms with Gasteiger partial charge in [-0.05, 0) is 51.4 Å². The van der Waals surface area contributed by atoms with Crippen LogP contribution in [0.2, 0.25) is 0 Å². The fourth-order valence-electron chi connectivity index (χ4n) is 10.1. The van der Waals surface area contributed by atoms with Crippen LogP contribution in [-0.4, -0.2) is 49.3 Å². The van der Waals surface area contributed by atoms with E-state index in [1.165, 1.54) is 270 Å². The standard InChI is InChI=1S/C67H128NO8P/c1-3-5-7-9-11-13-15-17-19-21-23-24-25-26-27-28-29-30-31-32-33-34-35-36-37-38-39-40-42-44-46-48-50-52-54-56-58-60-67(70)76-65(64-75-77(71,72)74-62-61-68)63-73-66(69)59-57-55-53-51-49-47-45-43-41-22-20-18-16-14-12-10-8-6-4-2/h15,17,21,23,25-26,65H,3-14,16,18-20,22,24,27-64,68H2,1-2H3,(H,71,72)/b17-15-,23-21-,26-25-. The topological polar surface area (TPSA) is 134 Å². The molecule has 454 valence electrons. The van der Waals surface area contributed by atoms with Crippen molar-refractivity contribution in [3.8, 4) is 0 Å². The summed E-state index contributed by atoms with van der Waals surface area (Å²) in [5, 5.41) is 0. The number of unbranched alkanes of at least 4 members (excludes halogenated alkanes) is 45. The summed E-state index contributed by atoms with van der Waals surface area (Å²) in [4.78, 5) is 35.3. The van der Waals surface area contributed by atoms with Gasteiger partial charge in [0.25, 0.3) is 0 Å². The van der Waals surface area contributed by atoms with Crippen LogP contribution in [0.5, 0.6) is 0 Å². The maximum atomic E-state index is 12.7. The number of hydrogen-bond acceptors (Lipinski definition) is 8. The molecule has 0 amide bonds. The number of carbonyl (C=O) groups excluding carboxylic acids is 2. The van der Waals surface area contributed by atoms with Gasteiger partial charge in [-0.2, -0.15) is 0 Å². The van der Waals surface area contributed by atoms with Gasteiger partial charge in [-0.15, -0.1) is 0 Å². The second-order valence-corrected chi connectivity index (χ2v) is 24.2. The smallest absolute Gasteiger partial charge is 0.462 e. The first-order chi connectivity index (χ1) is 37.8. The quantitative estimate of drug-likeness (QED) is 0.0264. The Bertz CT molecular complexity index is 1350. The third kappa shape index (κ3) is 63.3. The van der Waals surface area contributed by atoms with E-state index in [1.54, 1.807) is 0 Å². The number of allylic oxidation sites excluding steroid dienone is 6. The Hall–Kier alpha value is -1.77. The molecule has 0 saturated carbocycles. The number of carbonyl (C=O) groups is 2. The zero-order valence-electron chi connectivity index (χ0n) is 51.0. The molecule has 77 heavy (non-hydrogen) atoms. The normalized spacial score (nSPS) is 13.1. The van der Waals surface area contributed by atoms with Gasteiger partial charge in [0.05, 0.1) is 13.2 Å². The lowest BCUT2D eigenvalue weighted by molar-refractivity contribution is -0.161. The van der Waals surface area contributed by atoms with Crippen molar-refractivity contribution in [3.05, 3.63) is 36.5 Å². The molecule has 9 nitrogen and oxygen atoms in total. The van der Waals surface area contributed by atoms with E-state index in [2.05, 4.69) is 50.3 Å². The van der Waals surface area contributed by atoms with Gasteiger partial charge in [-0.25, -0.2) is 4.57 Å². The molecule has 0 spiro atoms. The van der Waals surface area contributed by atoms with Crippen LogP contribution in [-0.2, 0) is 32.7 Å². The molecule has 0 saturated heterocycles. The first-order valence-corrected chi connectivity index (χ1v) is 35.0. The van der Waals surface area contributed by atoms with Crippen LogP contribution in [0.1, 0.15) is 348 Å². The highest BCUT2D eigenvalue weighted by Gasteiger charge is 2.26. The number of rotatable bonds is 64. The Morgan fingerprint density at radius 2 is 0.675 bits per heavy atom. The minimum Gasteiger partial charge on any atom is -0.462 e. The van der Waals surface area contributed by atoms with Crippen LogP contribution >= 0.6 is 7.82 Å². The first kappa shape index (κ1) is 75.2. The van der Waals surface area contributed by atoms with Crippen molar-refractivity contribution in [2.75, 3.05) is 26.4 Å². The highest BCUT2D eigenvalue weighted by molar-refractivity contribution is 7.47. The molecule has 0 fully saturated rings. The van der Waals surface area contributed by atoms with Crippen molar-refractivity contribution in [1.82, 2.24) is 0 Å². The Morgan fingerprint density at radius 3 is 1.00 bits per heavy atom. The maximum absolute atomic E-state index is 12.7. The summed E-state index contributed by atoms with van der Waals surface area (Å²) in [6, 6.07) is 0. The lowest BCUT2D eigenvalue weighted by Crippen LogP contribution is -2.29. The summed E-state index contributed by atoms with van der Waals surface area (Å²) in [5.41, 5.74) is 5.39. The van der Waals surface area contributed by atoms with Crippen molar-refractivity contribution in [3.63, 3.8) is 0 Å². The minimum absolute atomic E-state index is 0.0566. The van der Waals surface area contributed by atoms with Gasteiger partial charge >= 0.3 is 19.8 Å². The second-order valence-electron chi connectivity index (χ2n) is 22.7. The van der Waals surface area contributed by atoms with Crippen LogP contribution in [0, 0.1) is 0 Å². The molecular formula is C67H128NO8P. The van der Waals surface area contributed by atoms with Crippen molar-refractivity contribution >= 4 is 19.8 Å². The van der Waals surface area contributed by atoms with Gasteiger partial charge in [-0.3, -0.25) is 18.6 Å². The minimum atomic E-state index is -4.39. The van der Waals surface area contributed by atoms with Crippen LogP contribution < -0.4 is 5.73 Å². The monoisotopic (exact) mass is 1110 g/mol. The zero-order chi connectivity index (χ0) is 55.9. The zero-order valence-corrected chi connectivity index (χ0v) is 51.9. The van der Waals surface area contributed by atoms with Crippen molar-refractivity contribution in [2.45, 2.75) is 354 Å². The molecular weight excluding hydrogens is 978 g/mol. The highest BCUT2D eigenvalue weighted by Crippen LogP contribution is 2.43. The second kappa shape index (κ2) is 63.4. The van der Waals surface area contributed by atoms with E-state index in [0.29, 0.717) is 6.42 Å². The maximum Gasteiger partial charge on any atom is 0.472 e. The van der Waals surface area contributed by atoms with E-state index in [0.717, 1.165) is 44.9 Å². The molecule has 0 bridgehead atoms. The Morgan fingerprint density at radius 1 is 0.390 bits per heavy atom. The first-order valence-electron chi connectivity index (χ1n) is 33.5. The lowest BCUT2D eigenvalue weighted by Gasteiger charge is -2.19. The number of ether oxygens (including phenoxy) is 2. The van der Waals surface area contributed by atoms with Gasteiger partial charge in [0.1, 0.15) is 6.61 Å². The van der Waals surface area contributed by atoms with Crippen molar-refractivity contribution in [1.29, 1.82) is 0 Å². The molecule has 0 radical (unpaired) electrons. The molecule has 2 atom stereocenters. The summed E-state index contributed by atoms with van der Waals surface area (Å²) in [7, 11) is -4.39. The van der Waals surface area contributed by atoms with Crippen LogP contribution in [0.4, 0.5) is 0 Å². The third-order valence-electron chi connectivity index (χ3n) is 15.0. The molecule has 10 heteroatoms. The summed E-state index contributed by atoms with van der Waals surface area (Å²) in [6.45, 7) is 3.80. The fraction of sp³-hybridized carbons (Fsp3) is 0.881. The number of esters is 2. The molecule has 0 rings (SSSR count). The molecule has 0 aromatic rings. The molecule has 0 heterocycles.